The third kappa shape index (κ3) is 3.61. The number of aromatic nitrogens is 2. The van der Waals surface area contributed by atoms with E-state index in [0.29, 0.717) is 5.82 Å². The van der Waals surface area contributed by atoms with Crippen molar-refractivity contribution in [2.45, 2.75) is 33.3 Å². The maximum atomic E-state index is 11.4. The van der Waals surface area contributed by atoms with Crippen LogP contribution in [0.2, 0.25) is 0 Å². The van der Waals surface area contributed by atoms with Crippen molar-refractivity contribution in [1.29, 1.82) is 0 Å². The second kappa shape index (κ2) is 3.92. The van der Waals surface area contributed by atoms with Gasteiger partial charge >= 0.3 is 6.09 Å². The van der Waals surface area contributed by atoms with E-state index >= 15 is 0 Å². The first-order chi connectivity index (χ1) is 6.78. The fraction of sp³-hybridized carbons (Fsp3) is 0.600. The first-order valence-corrected chi connectivity index (χ1v) is 4.78. The largest absolute Gasteiger partial charge is 0.444 e. The highest BCUT2D eigenvalue weighted by Gasteiger charge is 2.16. The van der Waals surface area contributed by atoms with E-state index in [0.717, 1.165) is 5.69 Å². The third-order valence-electron chi connectivity index (χ3n) is 1.74. The molecule has 84 valence electrons. The van der Waals surface area contributed by atoms with Gasteiger partial charge < -0.3 is 4.74 Å². The van der Waals surface area contributed by atoms with Crippen LogP contribution in [0, 0.1) is 6.92 Å². The van der Waals surface area contributed by atoms with Gasteiger partial charge in [-0.3, -0.25) is 10.00 Å². The number of ether oxygens (including phenoxy) is 1. The summed E-state index contributed by atoms with van der Waals surface area (Å²) < 4.78 is 6.78. The van der Waals surface area contributed by atoms with E-state index < -0.39 is 11.7 Å². The second-order valence-corrected chi connectivity index (χ2v) is 4.42. The van der Waals surface area contributed by atoms with Crippen molar-refractivity contribution in [1.82, 2.24) is 9.78 Å². The Bertz CT molecular complexity index is 344. The third-order valence-corrected chi connectivity index (χ3v) is 1.74. The number of aryl methyl sites for hydroxylation is 2. The van der Waals surface area contributed by atoms with Crippen LogP contribution in [0.1, 0.15) is 26.5 Å². The predicted octanol–water partition coefficient (Wildman–Crippen LogP) is 2.08. The molecule has 0 aromatic carbocycles. The Morgan fingerprint density at radius 1 is 1.53 bits per heavy atom. The lowest BCUT2D eigenvalue weighted by molar-refractivity contribution is 0.0635. The molecular weight excluding hydrogens is 194 g/mol. The van der Waals surface area contributed by atoms with Crippen LogP contribution in [0.15, 0.2) is 6.07 Å². The molecule has 0 atom stereocenters. The van der Waals surface area contributed by atoms with Crippen LogP contribution in [0.3, 0.4) is 0 Å². The summed E-state index contributed by atoms with van der Waals surface area (Å²) >= 11 is 0. The quantitative estimate of drug-likeness (QED) is 0.773. The SMILES string of the molecule is Cc1cc(NC(=O)OC(C)(C)C)nn1C. The van der Waals surface area contributed by atoms with E-state index in [2.05, 4.69) is 10.4 Å². The average molecular weight is 211 g/mol. The standard InChI is InChI=1S/C10H17N3O2/c1-7-6-8(12-13(7)5)11-9(14)15-10(2,3)4/h6H,1-5H3,(H,11,12,14). The zero-order valence-electron chi connectivity index (χ0n) is 9.79. The number of carbonyl (C=O) groups is 1. The Hall–Kier alpha value is -1.52. The van der Waals surface area contributed by atoms with Crippen LogP contribution in [0.25, 0.3) is 0 Å². The molecule has 0 radical (unpaired) electrons. The van der Waals surface area contributed by atoms with E-state index in [-0.39, 0.29) is 0 Å². The molecule has 1 N–H and O–H groups in total. The van der Waals surface area contributed by atoms with Crippen molar-refractivity contribution in [3.8, 4) is 0 Å². The van der Waals surface area contributed by atoms with Crippen molar-refractivity contribution in [3.63, 3.8) is 0 Å². The van der Waals surface area contributed by atoms with Gasteiger partial charge in [-0.1, -0.05) is 0 Å². The predicted molar refractivity (Wildman–Crippen MR) is 57.8 cm³/mol. The molecular formula is C10H17N3O2. The van der Waals surface area contributed by atoms with Gasteiger partial charge in [-0.2, -0.15) is 5.10 Å². The summed E-state index contributed by atoms with van der Waals surface area (Å²) in [7, 11) is 1.82. The van der Waals surface area contributed by atoms with Crippen LogP contribution >= 0.6 is 0 Å². The maximum absolute atomic E-state index is 11.4. The second-order valence-electron chi connectivity index (χ2n) is 4.42. The number of nitrogens with one attached hydrogen (secondary N) is 1. The molecule has 1 aromatic heterocycles. The molecule has 15 heavy (non-hydrogen) atoms. The summed E-state index contributed by atoms with van der Waals surface area (Å²) in [6.45, 7) is 7.36. The van der Waals surface area contributed by atoms with Gasteiger partial charge in [0.05, 0.1) is 0 Å². The summed E-state index contributed by atoms with van der Waals surface area (Å²) in [5.74, 6) is 0.504. The average Bonchev–Trinajstić information content (AvgIpc) is 2.26. The first kappa shape index (κ1) is 11.6. The lowest BCUT2D eigenvalue weighted by Gasteiger charge is -2.18. The van der Waals surface area contributed by atoms with Crippen LogP contribution in [-0.4, -0.2) is 21.5 Å². The van der Waals surface area contributed by atoms with E-state index in [1.165, 1.54) is 0 Å². The smallest absolute Gasteiger partial charge is 0.413 e. The topological polar surface area (TPSA) is 56.1 Å². The van der Waals surface area contributed by atoms with Gasteiger partial charge in [0, 0.05) is 18.8 Å². The number of hydrogen-bond donors (Lipinski definition) is 1. The van der Waals surface area contributed by atoms with E-state index in [1.54, 1.807) is 10.7 Å². The molecule has 1 rings (SSSR count). The Balaban J connectivity index is 2.59. The van der Waals surface area contributed by atoms with E-state index in [1.807, 2.05) is 34.7 Å². The fourth-order valence-electron chi connectivity index (χ4n) is 1.03. The molecule has 0 fully saturated rings. The summed E-state index contributed by atoms with van der Waals surface area (Å²) in [4.78, 5) is 11.4. The minimum atomic E-state index is -0.492. The zero-order chi connectivity index (χ0) is 11.6. The number of anilines is 1. The number of rotatable bonds is 1. The fourth-order valence-corrected chi connectivity index (χ4v) is 1.03. The Morgan fingerprint density at radius 3 is 2.53 bits per heavy atom. The van der Waals surface area contributed by atoms with E-state index in [4.69, 9.17) is 4.74 Å². The molecule has 1 aromatic rings. The minimum Gasteiger partial charge on any atom is -0.444 e. The molecule has 0 saturated heterocycles. The zero-order valence-corrected chi connectivity index (χ0v) is 9.79. The molecule has 0 saturated carbocycles. The Labute approximate surface area is 89.4 Å². The van der Waals surface area contributed by atoms with Gasteiger partial charge in [0.25, 0.3) is 0 Å². The van der Waals surface area contributed by atoms with Crippen molar-refractivity contribution < 1.29 is 9.53 Å². The number of carbonyl (C=O) groups excluding carboxylic acids is 1. The van der Waals surface area contributed by atoms with Gasteiger partial charge in [-0.05, 0) is 27.7 Å². The molecule has 0 aliphatic heterocycles. The van der Waals surface area contributed by atoms with Crippen molar-refractivity contribution in [2.75, 3.05) is 5.32 Å². The minimum absolute atomic E-state index is 0.486. The highest BCUT2D eigenvalue weighted by molar-refractivity contribution is 5.83. The van der Waals surface area contributed by atoms with Crippen LogP contribution in [-0.2, 0) is 11.8 Å². The Kier molecular flexibility index (Phi) is 3.02. The highest BCUT2D eigenvalue weighted by Crippen LogP contribution is 2.11. The lowest BCUT2D eigenvalue weighted by Crippen LogP contribution is -2.27. The summed E-state index contributed by atoms with van der Waals surface area (Å²) in [5, 5.41) is 6.65. The van der Waals surface area contributed by atoms with Gasteiger partial charge in [-0.25, -0.2) is 4.79 Å². The van der Waals surface area contributed by atoms with Crippen LogP contribution < -0.4 is 5.32 Å². The molecule has 5 nitrogen and oxygen atoms in total. The lowest BCUT2D eigenvalue weighted by atomic mass is 10.2. The summed E-state index contributed by atoms with van der Waals surface area (Å²) in [6.07, 6.45) is -0.486. The Morgan fingerprint density at radius 2 is 2.13 bits per heavy atom. The van der Waals surface area contributed by atoms with Crippen molar-refractivity contribution in [2.24, 2.45) is 7.05 Å². The van der Waals surface area contributed by atoms with Crippen molar-refractivity contribution >= 4 is 11.9 Å². The number of hydrogen-bond acceptors (Lipinski definition) is 3. The number of nitrogens with zero attached hydrogens (tertiary/aromatic N) is 2. The van der Waals surface area contributed by atoms with Gasteiger partial charge in [0.1, 0.15) is 5.60 Å². The first-order valence-electron chi connectivity index (χ1n) is 4.78. The monoisotopic (exact) mass is 211 g/mol. The van der Waals surface area contributed by atoms with Gasteiger partial charge in [0.2, 0.25) is 0 Å². The molecule has 0 aliphatic rings. The summed E-state index contributed by atoms with van der Waals surface area (Å²) in [6, 6.07) is 1.78. The molecule has 0 bridgehead atoms. The van der Waals surface area contributed by atoms with Crippen molar-refractivity contribution in [3.05, 3.63) is 11.8 Å². The molecule has 0 spiro atoms. The molecule has 0 aliphatic carbocycles. The molecule has 5 heteroatoms. The normalized spacial score (nSPS) is 11.3. The van der Waals surface area contributed by atoms with E-state index in [9.17, 15) is 4.79 Å². The molecule has 1 heterocycles. The van der Waals surface area contributed by atoms with Gasteiger partial charge in [0.15, 0.2) is 5.82 Å². The van der Waals surface area contributed by atoms with Crippen LogP contribution in [0.5, 0.6) is 0 Å². The summed E-state index contributed by atoms with van der Waals surface area (Å²) in [5.41, 5.74) is 0.481. The highest BCUT2D eigenvalue weighted by atomic mass is 16.6. The maximum Gasteiger partial charge on any atom is 0.413 e. The molecule has 1 amide bonds. The van der Waals surface area contributed by atoms with Crippen LogP contribution in [0.4, 0.5) is 10.6 Å². The number of amides is 1. The van der Waals surface area contributed by atoms with Gasteiger partial charge in [-0.15, -0.1) is 0 Å². The molecule has 0 unspecified atom stereocenters.